The molecule has 2 aromatic carbocycles. The number of aromatic nitrogens is 3. The minimum atomic E-state index is -3.87. The number of rotatable bonds is 5. The van der Waals surface area contributed by atoms with Crippen molar-refractivity contribution < 1.29 is 17.6 Å². The summed E-state index contributed by atoms with van der Waals surface area (Å²) < 4.78 is 42.1. The van der Waals surface area contributed by atoms with Crippen LogP contribution in [0.3, 0.4) is 0 Å². The number of pyridine rings is 1. The van der Waals surface area contributed by atoms with Gasteiger partial charge in [0.1, 0.15) is 11.5 Å². The summed E-state index contributed by atoms with van der Waals surface area (Å²) in [5.41, 5.74) is 1.25. The van der Waals surface area contributed by atoms with Crippen molar-refractivity contribution >= 4 is 49.8 Å². The molecular formula is C20H15ClFN5O3S. The Morgan fingerprint density at radius 2 is 1.87 bits per heavy atom. The maximum Gasteiger partial charge on any atom is 0.279 e. The highest BCUT2D eigenvalue weighted by Gasteiger charge is 2.20. The fourth-order valence-electron chi connectivity index (χ4n) is 3.01. The van der Waals surface area contributed by atoms with Crippen LogP contribution in [-0.4, -0.2) is 29.1 Å². The van der Waals surface area contributed by atoms with Crippen LogP contribution in [0.4, 0.5) is 15.8 Å². The minimum absolute atomic E-state index is 0.113. The molecule has 0 radical (unpaired) electrons. The maximum atomic E-state index is 13.3. The van der Waals surface area contributed by atoms with Crippen LogP contribution in [0, 0.1) is 5.82 Å². The van der Waals surface area contributed by atoms with Gasteiger partial charge in [0.15, 0.2) is 5.03 Å². The number of carbonyl (C=O) groups is 1. The number of sulfonamides is 1. The molecule has 31 heavy (non-hydrogen) atoms. The normalized spacial score (nSPS) is 11.5. The zero-order valence-electron chi connectivity index (χ0n) is 16.0. The fraction of sp³-hybridized carbons (Fsp3) is 0.0500. The van der Waals surface area contributed by atoms with Crippen molar-refractivity contribution in [1.29, 1.82) is 0 Å². The zero-order chi connectivity index (χ0) is 22.2. The highest BCUT2D eigenvalue weighted by atomic mass is 35.5. The first-order valence-corrected chi connectivity index (χ1v) is 10.8. The molecule has 158 valence electrons. The number of nitrogens with one attached hydrogen (secondary N) is 2. The van der Waals surface area contributed by atoms with E-state index in [1.165, 1.54) is 41.2 Å². The molecule has 2 heterocycles. The van der Waals surface area contributed by atoms with Crippen molar-refractivity contribution in [3.8, 4) is 0 Å². The molecule has 0 atom stereocenters. The summed E-state index contributed by atoms with van der Waals surface area (Å²) in [6.07, 6.45) is 1.38. The zero-order valence-corrected chi connectivity index (χ0v) is 17.6. The molecule has 0 fully saturated rings. The summed E-state index contributed by atoms with van der Waals surface area (Å²) in [5.74, 6) is -1.07. The summed E-state index contributed by atoms with van der Waals surface area (Å²) in [6.45, 7) is 0. The molecule has 11 heteroatoms. The van der Waals surface area contributed by atoms with Crippen LogP contribution in [0.25, 0.3) is 10.9 Å². The van der Waals surface area contributed by atoms with Crippen molar-refractivity contribution in [3.05, 3.63) is 77.3 Å². The van der Waals surface area contributed by atoms with Crippen LogP contribution in [0.15, 0.2) is 65.8 Å². The van der Waals surface area contributed by atoms with Crippen molar-refractivity contribution in [2.24, 2.45) is 7.05 Å². The smallest absolute Gasteiger partial charge is 0.279 e. The number of aryl methyl sites for hydroxylation is 1. The van der Waals surface area contributed by atoms with Gasteiger partial charge in [0.05, 0.1) is 16.2 Å². The van der Waals surface area contributed by atoms with Crippen LogP contribution < -0.4 is 10.0 Å². The van der Waals surface area contributed by atoms with E-state index in [9.17, 15) is 17.6 Å². The van der Waals surface area contributed by atoms with Crippen molar-refractivity contribution in [2.45, 2.75) is 5.03 Å². The van der Waals surface area contributed by atoms with Crippen molar-refractivity contribution in [1.82, 2.24) is 14.8 Å². The number of carbonyl (C=O) groups excluding carboxylic acids is 1. The molecular weight excluding hydrogens is 445 g/mol. The van der Waals surface area contributed by atoms with Gasteiger partial charge < -0.3 is 5.32 Å². The fourth-order valence-corrected chi connectivity index (χ4v) is 4.19. The Morgan fingerprint density at radius 3 is 2.58 bits per heavy atom. The molecule has 0 aliphatic rings. The van der Waals surface area contributed by atoms with Crippen LogP contribution in [0.2, 0.25) is 5.02 Å². The van der Waals surface area contributed by atoms with Gasteiger partial charge in [-0.1, -0.05) is 17.7 Å². The summed E-state index contributed by atoms with van der Waals surface area (Å²) in [6, 6.07) is 13.0. The van der Waals surface area contributed by atoms with Gasteiger partial charge >= 0.3 is 0 Å². The molecule has 1 amide bonds. The van der Waals surface area contributed by atoms with Gasteiger partial charge in [0.25, 0.3) is 15.9 Å². The van der Waals surface area contributed by atoms with E-state index in [1.54, 1.807) is 25.2 Å². The molecule has 4 rings (SSSR count). The van der Waals surface area contributed by atoms with Gasteiger partial charge in [0, 0.05) is 24.3 Å². The Morgan fingerprint density at radius 1 is 1.10 bits per heavy atom. The first-order valence-electron chi connectivity index (χ1n) is 8.91. The van der Waals surface area contributed by atoms with E-state index in [1.807, 2.05) is 0 Å². The third-order valence-electron chi connectivity index (χ3n) is 4.39. The Bertz CT molecular complexity index is 1410. The average molecular weight is 460 g/mol. The second kappa shape index (κ2) is 7.97. The molecule has 8 nitrogen and oxygen atoms in total. The predicted octanol–water partition coefficient (Wildman–Crippen LogP) is 3.81. The predicted molar refractivity (Wildman–Crippen MR) is 115 cm³/mol. The monoisotopic (exact) mass is 459 g/mol. The quantitative estimate of drug-likeness (QED) is 0.472. The lowest BCUT2D eigenvalue weighted by molar-refractivity contribution is 0.101. The van der Waals surface area contributed by atoms with E-state index < -0.39 is 21.7 Å². The van der Waals surface area contributed by atoms with E-state index >= 15 is 0 Å². The number of nitrogens with zero attached hydrogens (tertiary/aromatic N) is 3. The first-order chi connectivity index (χ1) is 14.7. The topological polar surface area (TPSA) is 106 Å². The maximum absolute atomic E-state index is 13.3. The van der Waals surface area contributed by atoms with Gasteiger partial charge in [0.2, 0.25) is 0 Å². The Hall–Kier alpha value is -3.50. The number of hydrogen-bond acceptors (Lipinski definition) is 5. The summed E-state index contributed by atoms with van der Waals surface area (Å²) in [5, 5.41) is 7.22. The molecule has 0 aliphatic heterocycles. The molecule has 0 bridgehead atoms. The number of fused-ring (bicyclic) bond motifs is 1. The molecule has 2 aromatic heterocycles. The Kier molecular flexibility index (Phi) is 5.34. The lowest BCUT2D eigenvalue weighted by atomic mass is 10.2. The number of hydrogen-bond donors (Lipinski definition) is 2. The molecule has 0 saturated carbocycles. The minimum Gasteiger partial charge on any atom is -0.321 e. The number of amides is 1. The number of benzene rings is 2. The number of anilines is 2. The summed E-state index contributed by atoms with van der Waals surface area (Å²) in [7, 11) is -2.28. The lowest BCUT2D eigenvalue weighted by Gasteiger charge is -2.08. The second-order valence-electron chi connectivity index (χ2n) is 6.56. The molecule has 2 N–H and O–H groups in total. The Labute approximate surface area is 181 Å². The molecule has 0 aliphatic carbocycles. The summed E-state index contributed by atoms with van der Waals surface area (Å²) in [4.78, 5) is 16.6. The third-order valence-corrected chi connectivity index (χ3v) is 5.98. The highest BCUT2D eigenvalue weighted by molar-refractivity contribution is 7.92. The van der Waals surface area contributed by atoms with Crippen LogP contribution in [-0.2, 0) is 17.1 Å². The first kappa shape index (κ1) is 20.8. The van der Waals surface area contributed by atoms with Crippen molar-refractivity contribution in [2.75, 3.05) is 10.0 Å². The highest BCUT2D eigenvalue weighted by Crippen LogP contribution is 2.25. The van der Waals surface area contributed by atoms with Crippen molar-refractivity contribution in [3.63, 3.8) is 0 Å². The van der Waals surface area contributed by atoms with E-state index in [0.29, 0.717) is 16.6 Å². The largest absolute Gasteiger partial charge is 0.321 e. The van der Waals surface area contributed by atoms with E-state index in [4.69, 9.17) is 11.6 Å². The standard InChI is InChI=1S/C20H15ClFN5O3S/c1-27-19(20(28)24-12-6-8-16(22)15(21)10-12)14-7-5-13(11-17(14)25-27)26-31(29,30)18-4-2-3-9-23-18/h2-11,26H,1H3,(H,24,28). The SMILES string of the molecule is Cn1nc2cc(NS(=O)(=O)c3ccccn3)ccc2c1C(=O)Nc1ccc(F)c(Cl)c1. The van der Waals surface area contributed by atoms with Gasteiger partial charge in [-0.05, 0) is 48.5 Å². The molecule has 0 unspecified atom stereocenters. The molecule has 4 aromatic rings. The Balaban J connectivity index is 1.63. The molecule has 0 saturated heterocycles. The van der Waals surface area contributed by atoms with Gasteiger partial charge in [-0.2, -0.15) is 13.5 Å². The van der Waals surface area contributed by atoms with Gasteiger partial charge in [-0.25, -0.2) is 9.37 Å². The second-order valence-corrected chi connectivity index (χ2v) is 8.60. The van der Waals surface area contributed by atoms with Gasteiger partial charge in [-0.3, -0.25) is 14.2 Å². The average Bonchev–Trinajstić information content (AvgIpc) is 3.06. The van der Waals surface area contributed by atoms with Gasteiger partial charge in [-0.15, -0.1) is 0 Å². The summed E-state index contributed by atoms with van der Waals surface area (Å²) >= 11 is 5.76. The number of halogens is 2. The van der Waals surface area contributed by atoms with E-state index in [2.05, 4.69) is 20.1 Å². The lowest BCUT2D eigenvalue weighted by Crippen LogP contribution is -2.16. The van der Waals surface area contributed by atoms with Crippen LogP contribution in [0.5, 0.6) is 0 Å². The van der Waals surface area contributed by atoms with E-state index in [0.717, 1.165) is 6.07 Å². The molecule has 0 spiro atoms. The van der Waals surface area contributed by atoms with E-state index in [-0.39, 0.29) is 21.4 Å². The third kappa shape index (κ3) is 4.21. The van der Waals surface area contributed by atoms with Crippen LogP contribution in [0.1, 0.15) is 10.5 Å². The van der Waals surface area contributed by atoms with Crippen LogP contribution >= 0.6 is 11.6 Å².